The lowest BCUT2D eigenvalue weighted by atomic mass is 9.94. The quantitative estimate of drug-likeness (QED) is 0.604. The van der Waals surface area contributed by atoms with E-state index in [-0.39, 0.29) is 12.4 Å². The predicted octanol–water partition coefficient (Wildman–Crippen LogP) is 1.23. The highest BCUT2D eigenvalue weighted by atomic mass is 32.2. The summed E-state index contributed by atoms with van der Waals surface area (Å²) in [6.07, 6.45) is 0.347. The van der Waals surface area contributed by atoms with Gasteiger partial charge in [-0.1, -0.05) is 24.3 Å². The summed E-state index contributed by atoms with van der Waals surface area (Å²) in [5.74, 6) is -0.892. The Morgan fingerprint density at radius 3 is 2.59 bits per heavy atom. The van der Waals surface area contributed by atoms with Crippen molar-refractivity contribution in [3.05, 3.63) is 41.2 Å². The van der Waals surface area contributed by atoms with Crippen LogP contribution in [0.5, 0.6) is 0 Å². The number of thioether (sulfide) groups is 1. The van der Waals surface area contributed by atoms with Gasteiger partial charge in [-0.15, -0.1) is 11.8 Å². The lowest BCUT2D eigenvalue weighted by Gasteiger charge is -2.29. The second-order valence-corrected chi connectivity index (χ2v) is 7.58. The second-order valence-electron chi connectivity index (χ2n) is 4.90. The molecule has 0 aromatic heterocycles. The predicted molar refractivity (Wildman–Crippen MR) is 80.8 cm³/mol. The molecular weight excluding hydrogens is 328 g/mol. The molecule has 1 aromatic carbocycles. The molecule has 3 rings (SSSR count). The molecule has 1 aliphatic heterocycles. The highest BCUT2D eigenvalue weighted by Gasteiger charge is 2.38. The molecule has 0 bridgehead atoms. The van der Waals surface area contributed by atoms with Gasteiger partial charge in [-0.05, 0) is 0 Å². The minimum absolute atomic E-state index is 0.0120. The SMILES string of the molecule is CS(=O)(=O)OCC1CSC2=C(O1)C(=O)C(=O)c1ccccc12. The molecular formula is C14H12O6S2. The molecule has 1 atom stereocenters. The van der Waals surface area contributed by atoms with Gasteiger partial charge < -0.3 is 4.74 Å². The maximum absolute atomic E-state index is 12.2. The molecule has 1 aliphatic carbocycles. The molecule has 8 heteroatoms. The highest BCUT2D eigenvalue weighted by molar-refractivity contribution is 8.08. The van der Waals surface area contributed by atoms with E-state index in [2.05, 4.69) is 0 Å². The molecule has 0 saturated heterocycles. The number of ketones is 2. The van der Waals surface area contributed by atoms with Gasteiger partial charge in [-0.25, -0.2) is 0 Å². The lowest BCUT2D eigenvalue weighted by molar-refractivity contribution is -0.116. The van der Waals surface area contributed by atoms with Crippen LogP contribution in [0, 0.1) is 0 Å². The molecule has 0 saturated carbocycles. The topological polar surface area (TPSA) is 86.7 Å². The van der Waals surface area contributed by atoms with Crippen molar-refractivity contribution in [1.29, 1.82) is 0 Å². The number of hydrogen-bond donors (Lipinski definition) is 0. The van der Waals surface area contributed by atoms with Crippen molar-refractivity contribution in [2.24, 2.45) is 0 Å². The zero-order valence-electron chi connectivity index (χ0n) is 11.6. The molecule has 1 heterocycles. The number of carbonyl (C=O) groups is 2. The molecule has 22 heavy (non-hydrogen) atoms. The van der Waals surface area contributed by atoms with Gasteiger partial charge in [-0.2, -0.15) is 8.42 Å². The summed E-state index contributed by atoms with van der Waals surface area (Å²) in [7, 11) is -3.58. The summed E-state index contributed by atoms with van der Waals surface area (Å²) >= 11 is 1.36. The van der Waals surface area contributed by atoms with Crippen LogP contribution in [-0.4, -0.2) is 44.7 Å². The zero-order chi connectivity index (χ0) is 15.9. The minimum Gasteiger partial charge on any atom is -0.482 e. The number of hydrogen-bond acceptors (Lipinski definition) is 7. The summed E-state index contributed by atoms with van der Waals surface area (Å²) in [5, 5.41) is 0. The van der Waals surface area contributed by atoms with Gasteiger partial charge in [0.25, 0.3) is 15.9 Å². The van der Waals surface area contributed by atoms with Gasteiger partial charge in [-0.3, -0.25) is 13.8 Å². The van der Waals surface area contributed by atoms with E-state index >= 15 is 0 Å². The summed E-state index contributed by atoms with van der Waals surface area (Å²) in [6.45, 7) is -0.189. The first kappa shape index (κ1) is 15.3. The Labute approximate surface area is 131 Å². The molecule has 0 fully saturated rings. The van der Waals surface area contributed by atoms with Crippen molar-refractivity contribution >= 4 is 38.4 Å². The number of benzene rings is 1. The second kappa shape index (κ2) is 5.53. The standard InChI is InChI=1S/C14H12O6S2/c1-22(17,18)19-6-8-7-21-14-10-5-3-2-4-9(10)11(15)12(16)13(14)20-8/h2-5,8H,6-7H2,1H3. The summed E-state index contributed by atoms with van der Waals surface area (Å²) in [4.78, 5) is 24.9. The maximum Gasteiger partial charge on any atom is 0.269 e. The van der Waals surface area contributed by atoms with E-state index in [9.17, 15) is 18.0 Å². The van der Waals surface area contributed by atoms with Gasteiger partial charge in [0.1, 0.15) is 12.7 Å². The fraction of sp³-hybridized carbons (Fsp3) is 0.286. The Morgan fingerprint density at radius 2 is 1.91 bits per heavy atom. The lowest BCUT2D eigenvalue weighted by Crippen LogP contribution is -2.34. The summed E-state index contributed by atoms with van der Waals surface area (Å²) in [6, 6.07) is 6.86. The fourth-order valence-electron chi connectivity index (χ4n) is 2.24. The van der Waals surface area contributed by atoms with E-state index in [1.807, 2.05) is 0 Å². The van der Waals surface area contributed by atoms with Crippen molar-refractivity contribution < 1.29 is 26.9 Å². The first-order valence-corrected chi connectivity index (χ1v) is 9.23. The first-order valence-electron chi connectivity index (χ1n) is 6.43. The minimum atomic E-state index is -3.58. The van der Waals surface area contributed by atoms with Crippen LogP contribution < -0.4 is 0 Å². The van der Waals surface area contributed by atoms with Crippen molar-refractivity contribution in [3.63, 3.8) is 0 Å². The molecule has 1 aromatic rings. The summed E-state index contributed by atoms with van der Waals surface area (Å²) < 4.78 is 32.3. The highest BCUT2D eigenvalue weighted by Crippen LogP contribution is 2.41. The van der Waals surface area contributed by atoms with Crippen molar-refractivity contribution in [2.75, 3.05) is 18.6 Å². The Kier molecular flexibility index (Phi) is 3.84. The average Bonchev–Trinajstić information content (AvgIpc) is 2.50. The molecule has 1 unspecified atom stereocenters. The smallest absolute Gasteiger partial charge is 0.269 e. The molecule has 0 amide bonds. The maximum atomic E-state index is 12.2. The molecule has 6 nitrogen and oxygen atoms in total. The Morgan fingerprint density at radius 1 is 1.23 bits per heavy atom. The fourth-order valence-corrected chi connectivity index (χ4v) is 3.76. The van der Waals surface area contributed by atoms with Gasteiger partial charge >= 0.3 is 0 Å². The van der Waals surface area contributed by atoms with E-state index in [4.69, 9.17) is 8.92 Å². The largest absolute Gasteiger partial charge is 0.482 e. The van der Waals surface area contributed by atoms with E-state index in [1.165, 1.54) is 11.8 Å². The van der Waals surface area contributed by atoms with Gasteiger partial charge in [0.15, 0.2) is 5.76 Å². The van der Waals surface area contributed by atoms with Crippen LogP contribution in [0.3, 0.4) is 0 Å². The number of Topliss-reactive ketones (excluding diaryl/α,β-unsaturated/α-hetero) is 2. The third kappa shape index (κ3) is 2.81. The van der Waals surface area contributed by atoms with Crippen LogP contribution in [0.25, 0.3) is 4.91 Å². The Hall–Kier alpha value is -1.64. The number of rotatable bonds is 3. The van der Waals surface area contributed by atoms with Gasteiger partial charge in [0, 0.05) is 16.9 Å². The van der Waals surface area contributed by atoms with E-state index in [0.29, 0.717) is 21.8 Å². The Balaban J connectivity index is 1.90. The normalized spacial score (nSPS) is 21.2. The van der Waals surface area contributed by atoms with Crippen LogP contribution in [0.4, 0.5) is 0 Å². The molecule has 116 valence electrons. The third-order valence-electron chi connectivity index (χ3n) is 3.20. The van der Waals surface area contributed by atoms with Gasteiger partial charge in [0.2, 0.25) is 5.78 Å². The third-order valence-corrected chi connectivity index (χ3v) is 5.00. The Bertz CT molecular complexity index is 793. The molecule has 0 spiro atoms. The van der Waals surface area contributed by atoms with Crippen molar-refractivity contribution in [3.8, 4) is 0 Å². The summed E-state index contributed by atoms with van der Waals surface area (Å²) in [5.41, 5.74) is 1.04. The van der Waals surface area contributed by atoms with E-state index < -0.39 is 27.8 Å². The van der Waals surface area contributed by atoms with Gasteiger partial charge in [0.05, 0.1) is 11.2 Å². The van der Waals surface area contributed by atoms with Crippen LogP contribution in [0.2, 0.25) is 0 Å². The molecule has 2 aliphatic rings. The van der Waals surface area contributed by atoms with Crippen LogP contribution in [-0.2, 0) is 23.8 Å². The van der Waals surface area contributed by atoms with E-state index in [1.54, 1.807) is 24.3 Å². The number of carbonyl (C=O) groups excluding carboxylic acids is 2. The van der Waals surface area contributed by atoms with Crippen LogP contribution in [0.15, 0.2) is 30.0 Å². The van der Waals surface area contributed by atoms with Crippen molar-refractivity contribution in [1.82, 2.24) is 0 Å². The number of fused-ring (bicyclic) bond motifs is 2. The van der Waals surface area contributed by atoms with Crippen molar-refractivity contribution in [2.45, 2.75) is 6.10 Å². The molecule has 0 N–H and O–H groups in total. The number of allylic oxidation sites excluding steroid dienone is 1. The first-order chi connectivity index (χ1) is 10.4. The molecule has 0 radical (unpaired) electrons. The zero-order valence-corrected chi connectivity index (χ0v) is 13.2. The van der Waals surface area contributed by atoms with Crippen LogP contribution in [0.1, 0.15) is 15.9 Å². The average molecular weight is 340 g/mol. The van der Waals surface area contributed by atoms with Crippen LogP contribution >= 0.6 is 11.8 Å². The number of ether oxygens (including phenoxy) is 1. The monoisotopic (exact) mass is 340 g/mol. The van der Waals surface area contributed by atoms with E-state index in [0.717, 1.165) is 6.26 Å².